The van der Waals surface area contributed by atoms with Crippen molar-refractivity contribution in [3.8, 4) is 0 Å². The predicted molar refractivity (Wildman–Crippen MR) is 73.0 cm³/mol. The Kier molecular flexibility index (Phi) is 2.81. The van der Waals surface area contributed by atoms with E-state index in [2.05, 4.69) is 26.1 Å². The summed E-state index contributed by atoms with van der Waals surface area (Å²) in [7, 11) is 0. The highest BCUT2D eigenvalue weighted by Gasteiger charge is 2.59. The summed E-state index contributed by atoms with van der Waals surface area (Å²) in [4.78, 5) is 0. The van der Waals surface area contributed by atoms with Crippen LogP contribution in [0, 0.1) is 16.7 Å². The van der Waals surface area contributed by atoms with Gasteiger partial charge < -0.3 is 5.32 Å². The summed E-state index contributed by atoms with van der Waals surface area (Å²) in [6.07, 6.45) is 11.6. The molecule has 0 heterocycles. The fourth-order valence-corrected chi connectivity index (χ4v) is 5.22. The molecule has 0 aromatic rings. The van der Waals surface area contributed by atoms with E-state index in [0.29, 0.717) is 10.8 Å². The molecule has 3 fully saturated rings. The molecule has 3 saturated carbocycles. The van der Waals surface area contributed by atoms with Crippen molar-refractivity contribution in [3.05, 3.63) is 0 Å². The standard InChI is InChI=1S/C16H29N/c1-15(2)12-9-10-16(3,11-12)14(15)17-13-7-5-4-6-8-13/h12-14,17H,4-11H2,1-3H3/t12-,14?,16+/m0/s1. The molecule has 0 aromatic heterocycles. The van der Waals surface area contributed by atoms with Crippen LogP contribution in [-0.4, -0.2) is 12.1 Å². The molecule has 17 heavy (non-hydrogen) atoms. The highest BCUT2D eigenvalue weighted by Crippen LogP contribution is 2.62. The number of hydrogen-bond acceptors (Lipinski definition) is 1. The molecule has 3 aliphatic rings. The number of fused-ring (bicyclic) bond motifs is 2. The van der Waals surface area contributed by atoms with E-state index in [9.17, 15) is 0 Å². The smallest absolute Gasteiger partial charge is 0.0177 e. The summed E-state index contributed by atoms with van der Waals surface area (Å²) in [5, 5.41) is 4.08. The second-order valence-corrected chi connectivity index (χ2v) is 7.85. The Bertz CT molecular complexity index is 285. The van der Waals surface area contributed by atoms with Crippen molar-refractivity contribution in [3.63, 3.8) is 0 Å². The SMILES string of the molecule is CC1(C)C(NC2CCCCC2)[C@]2(C)CC[C@H]1C2. The number of hydrogen-bond donors (Lipinski definition) is 1. The van der Waals surface area contributed by atoms with E-state index in [4.69, 9.17) is 0 Å². The van der Waals surface area contributed by atoms with Gasteiger partial charge in [0.1, 0.15) is 0 Å². The van der Waals surface area contributed by atoms with Gasteiger partial charge >= 0.3 is 0 Å². The second kappa shape index (κ2) is 3.98. The Balaban J connectivity index is 1.73. The fourth-order valence-electron chi connectivity index (χ4n) is 5.22. The molecule has 0 radical (unpaired) electrons. The number of rotatable bonds is 2. The summed E-state index contributed by atoms with van der Waals surface area (Å²) >= 11 is 0. The van der Waals surface area contributed by atoms with Crippen molar-refractivity contribution in [2.24, 2.45) is 16.7 Å². The van der Waals surface area contributed by atoms with Gasteiger partial charge in [-0.1, -0.05) is 40.0 Å². The zero-order chi connectivity index (χ0) is 12.1. The lowest BCUT2D eigenvalue weighted by Gasteiger charge is -2.45. The van der Waals surface area contributed by atoms with E-state index in [0.717, 1.165) is 18.0 Å². The average Bonchev–Trinajstić information content (AvgIpc) is 2.77. The first-order chi connectivity index (χ1) is 8.02. The minimum Gasteiger partial charge on any atom is -0.310 e. The predicted octanol–water partition coefficient (Wildman–Crippen LogP) is 4.12. The minimum atomic E-state index is 0.532. The Morgan fingerprint density at radius 1 is 0.941 bits per heavy atom. The van der Waals surface area contributed by atoms with Gasteiger partial charge in [0, 0.05) is 12.1 Å². The molecule has 0 amide bonds. The van der Waals surface area contributed by atoms with E-state index < -0.39 is 0 Å². The van der Waals surface area contributed by atoms with Crippen molar-refractivity contribution in [2.75, 3.05) is 0 Å². The molecule has 0 aromatic carbocycles. The van der Waals surface area contributed by atoms with Gasteiger partial charge in [-0.2, -0.15) is 0 Å². The number of nitrogens with one attached hydrogen (secondary N) is 1. The zero-order valence-electron chi connectivity index (χ0n) is 11.9. The Morgan fingerprint density at radius 2 is 1.65 bits per heavy atom. The summed E-state index contributed by atoms with van der Waals surface area (Å²) < 4.78 is 0. The summed E-state index contributed by atoms with van der Waals surface area (Å²) in [6.45, 7) is 7.58. The van der Waals surface area contributed by atoms with E-state index in [1.165, 1.54) is 51.4 Å². The third kappa shape index (κ3) is 1.85. The molecule has 0 spiro atoms. The van der Waals surface area contributed by atoms with Crippen molar-refractivity contribution in [1.29, 1.82) is 0 Å². The quantitative estimate of drug-likeness (QED) is 0.759. The van der Waals surface area contributed by atoms with E-state index in [1.54, 1.807) is 0 Å². The maximum absolute atomic E-state index is 4.08. The molecule has 1 N–H and O–H groups in total. The maximum Gasteiger partial charge on any atom is 0.0177 e. The lowest BCUT2D eigenvalue weighted by Crippen LogP contribution is -2.54. The van der Waals surface area contributed by atoms with Gasteiger partial charge in [0.15, 0.2) is 0 Å². The van der Waals surface area contributed by atoms with Crippen LogP contribution >= 0.6 is 0 Å². The molecular formula is C16H29N. The van der Waals surface area contributed by atoms with Crippen molar-refractivity contribution in [1.82, 2.24) is 5.32 Å². The molecular weight excluding hydrogens is 206 g/mol. The molecule has 3 aliphatic carbocycles. The van der Waals surface area contributed by atoms with Gasteiger partial charge in [0.2, 0.25) is 0 Å². The van der Waals surface area contributed by atoms with E-state index in [-0.39, 0.29) is 0 Å². The molecule has 1 unspecified atom stereocenters. The normalized spacial score (nSPS) is 45.4. The van der Waals surface area contributed by atoms with Crippen LogP contribution in [0.3, 0.4) is 0 Å². The van der Waals surface area contributed by atoms with Gasteiger partial charge in [0.25, 0.3) is 0 Å². The van der Waals surface area contributed by atoms with Crippen LogP contribution in [0.2, 0.25) is 0 Å². The molecule has 1 nitrogen and oxygen atoms in total. The van der Waals surface area contributed by atoms with Gasteiger partial charge in [0.05, 0.1) is 0 Å². The first kappa shape index (κ1) is 12.0. The third-order valence-electron chi connectivity index (χ3n) is 6.28. The van der Waals surface area contributed by atoms with Gasteiger partial charge in [-0.05, 0) is 48.9 Å². The molecule has 0 saturated heterocycles. The van der Waals surface area contributed by atoms with Crippen LogP contribution in [0.1, 0.15) is 72.1 Å². The average molecular weight is 235 g/mol. The third-order valence-corrected chi connectivity index (χ3v) is 6.28. The molecule has 3 atom stereocenters. The maximum atomic E-state index is 4.08. The van der Waals surface area contributed by atoms with E-state index >= 15 is 0 Å². The van der Waals surface area contributed by atoms with Crippen molar-refractivity contribution >= 4 is 0 Å². The molecule has 2 bridgehead atoms. The van der Waals surface area contributed by atoms with Crippen LogP contribution in [0.5, 0.6) is 0 Å². The fraction of sp³-hybridized carbons (Fsp3) is 1.00. The largest absolute Gasteiger partial charge is 0.310 e. The molecule has 1 heteroatoms. The molecule has 0 aliphatic heterocycles. The van der Waals surface area contributed by atoms with Gasteiger partial charge in [-0.3, -0.25) is 0 Å². The van der Waals surface area contributed by atoms with Gasteiger partial charge in [-0.15, -0.1) is 0 Å². The van der Waals surface area contributed by atoms with Crippen LogP contribution in [0.25, 0.3) is 0 Å². The summed E-state index contributed by atoms with van der Waals surface area (Å²) in [5.41, 5.74) is 1.13. The first-order valence-corrected chi connectivity index (χ1v) is 7.78. The topological polar surface area (TPSA) is 12.0 Å². The van der Waals surface area contributed by atoms with E-state index in [1.807, 2.05) is 0 Å². The van der Waals surface area contributed by atoms with Crippen molar-refractivity contribution < 1.29 is 0 Å². The highest BCUT2D eigenvalue weighted by molar-refractivity contribution is 5.12. The first-order valence-electron chi connectivity index (χ1n) is 7.78. The lowest BCUT2D eigenvalue weighted by molar-refractivity contribution is 0.0925. The minimum absolute atomic E-state index is 0.532. The summed E-state index contributed by atoms with van der Waals surface area (Å²) in [6, 6.07) is 1.60. The Labute approximate surface area is 107 Å². The molecule has 98 valence electrons. The summed E-state index contributed by atoms with van der Waals surface area (Å²) in [5.74, 6) is 0.980. The van der Waals surface area contributed by atoms with Crippen molar-refractivity contribution in [2.45, 2.75) is 84.2 Å². The van der Waals surface area contributed by atoms with Crippen LogP contribution in [-0.2, 0) is 0 Å². The highest BCUT2D eigenvalue weighted by atomic mass is 15.0. The van der Waals surface area contributed by atoms with Crippen LogP contribution in [0.4, 0.5) is 0 Å². The molecule has 3 rings (SSSR count). The van der Waals surface area contributed by atoms with Crippen LogP contribution < -0.4 is 5.32 Å². The van der Waals surface area contributed by atoms with Gasteiger partial charge in [-0.25, -0.2) is 0 Å². The lowest BCUT2D eigenvalue weighted by atomic mass is 9.68. The zero-order valence-corrected chi connectivity index (χ0v) is 11.9. The second-order valence-electron chi connectivity index (χ2n) is 7.85. The Morgan fingerprint density at radius 3 is 2.24 bits per heavy atom. The Hall–Kier alpha value is -0.0400. The monoisotopic (exact) mass is 235 g/mol. The van der Waals surface area contributed by atoms with Crippen LogP contribution in [0.15, 0.2) is 0 Å².